The van der Waals surface area contributed by atoms with Crippen LogP contribution in [0.25, 0.3) is 0 Å². The van der Waals surface area contributed by atoms with Gasteiger partial charge in [-0.25, -0.2) is 13.1 Å². The molecular weight excluding hydrogens is 366 g/mol. The Balaban J connectivity index is 3.06. The van der Waals surface area contributed by atoms with Gasteiger partial charge in [-0.3, -0.25) is 4.79 Å². The fourth-order valence-electron chi connectivity index (χ4n) is 1.51. The van der Waals surface area contributed by atoms with Gasteiger partial charge in [-0.1, -0.05) is 20.8 Å². The summed E-state index contributed by atoms with van der Waals surface area (Å²) in [6, 6.07) is 0.892. The molecule has 1 aromatic heterocycles. The predicted octanol–water partition coefficient (Wildman–Crippen LogP) is 2.99. The van der Waals surface area contributed by atoms with Gasteiger partial charge in [0, 0.05) is 6.04 Å². The van der Waals surface area contributed by atoms with Crippen molar-refractivity contribution in [3.63, 3.8) is 0 Å². The van der Waals surface area contributed by atoms with Gasteiger partial charge in [0.2, 0.25) is 10.0 Å². The van der Waals surface area contributed by atoms with Crippen molar-refractivity contribution < 1.29 is 18.3 Å². The summed E-state index contributed by atoms with van der Waals surface area (Å²) in [4.78, 5) is 10.9. The monoisotopic (exact) mass is 383 g/mol. The zero-order valence-corrected chi connectivity index (χ0v) is 14.9. The number of hydrogen-bond donors (Lipinski definition) is 2. The van der Waals surface area contributed by atoms with Gasteiger partial charge >= 0.3 is 5.97 Å². The fourth-order valence-corrected chi connectivity index (χ4v) is 5.19. The number of aliphatic carboxylic acids is 1. The molecule has 0 spiro atoms. The minimum absolute atomic E-state index is 0.182. The molecule has 0 bridgehead atoms. The number of nitrogens with one attached hydrogen (secondary N) is 1. The molecule has 0 radical (unpaired) electrons. The molecule has 1 unspecified atom stereocenters. The molecule has 0 amide bonds. The van der Waals surface area contributed by atoms with Crippen molar-refractivity contribution in [1.82, 2.24) is 4.72 Å². The summed E-state index contributed by atoms with van der Waals surface area (Å²) in [7, 11) is -3.71. The summed E-state index contributed by atoms with van der Waals surface area (Å²) in [5, 5.41) is 8.92. The van der Waals surface area contributed by atoms with Gasteiger partial charge in [-0.2, -0.15) is 0 Å². The smallest absolute Gasteiger partial charge is 0.304 e. The zero-order chi connectivity index (χ0) is 15.7. The van der Waals surface area contributed by atoms with E-state index in [-0.39, 0.29) is 10.6 Å². The summed E-state index contributed by atoms with van der Waals surface area (Å²) >= 11 is 4.40. The minimum atomic E-state index is -3.71. The zero-order valence-electron chi connectivity index (χ0n) is 11.7. The molecule has 0 aromatic carbocycles. The number of thiophene rings is 1. The fraction of sp³-hybridized carbons (Fsp3) is 0.583. The highest BCUT2D eigenvalue weighted by molar-refractivity contribution is 9.11. The number of rotatable bonds is 5. The van der Waals surface area contributed by atoms with Crippen LogP contribution in [-0.4, -0.2) is 25.5 Å². The van der Waals surface area contributed by atoms with E-state index in [1.54, 1.807) is 33.8 Å². The van der Waals surface area contributed by atoms with Gasteiger partial charge in [-0.05, 0) is 39.9 Å². The Morgan fingerprint density at radius 2 is 2.05 bits per heavy atom. The maximum Gasteiger partial charge on any atom is 0.304 e. The molecule has 0 saturated heterocycles. The van der Waals surface area contributed by atoms with E-state index >= 15 is 0 Å². The Morgan fingerprint density at radius 1 is 1.50 bits per heavy atom. The SMILES string of the molecule is Cc1cc(S(=O)(=O)NC(CC(=O)O)C(C)(C)C)sc1Br. The van der Waals surface area contributed by atoms with Crippen LogP contribution in [0.15, 0.2) is 14.1 Å². The quantitative estimate of drug-likeness (QED) is 0.818. The molecule has 1 heterocycles. The van der Waals surface area contributed by atoms with E-state index in [9.17, 15) is 13.2 Å². The van der Waals surface area contributed by atoms with Crippen molar-refractivity contribution in [2.75, 3.05) is 0 Å². The molecule has 20 heavy (non-hydrogen) atoms. The van der Waals surface area contributed by atoms with Crippen LogP contribution in [0.2, 0.25) is 0 Å². The van der Waals surface area contributed by atoms with Gasteiger partial charge < -0.3 is 5.11 Å². The molecule has 0 aliphatic heterocycles. The lowest BCUT2D eigenvalue weighted by Crippen LogP contribution is -2.44. The number of halogens is 1. The second-order valence-corrected chi connectivity index (χ2v) is 9.97. The second-order valence-electron chi connectivity index (χ2n) is 5.66. The lowest BCUT2D eigenvalue weighted by atomic mass is 9.85. The Morgan fingerprint density at radius 3 is 2.40 bits per heavy atom. The lowest BCUT2D eigenvalue weighted by Gasteiger charge is -2.29. The standard InChI is InChI=1S/C12H18BrNO4S2/c1-7-5-10(19-11(7)13)20(17,18)14-8(6-9(15)16)12(2,3)4/h5,8,14H,6H2,1-4H3,(H,15,16). The molecule has 0 aliphatic rings. The van der Waals surface area contributed by atoms with Gasteiger partial charge in [0.15, 0.2) is 0 Å². The van der Waals surface area contributed by atoms with Crippen molar-refractivity contribution in [3.8, 4) is 0 Å². The summed E-state index contributed by atoms with van der Waals surface area (Å²) in [5.74, 6) is -1.03. The third kappa shape index (κ3) is 4.54. The van der Waals surface area contributed by atoms with Crippen LogP contribution in [0, 0.1) is 12.3 Å². The van der Waals surface area contributed by atoms with Crippen molar-refractivity contribution in [2.24, 2.45) is 5.41 Å². The van der Waals surface area contributed by atoms with Crippen LogP contribution >= 0.6 is 27.3 Å². The van der Waals surface area contributed by atoms with E-state index in [2.05, 4.69) is 20.7 Å². The number of carbonyl (C=O) groups is 1. The Hall–Kier alpha value is -0.440. The van der Waals surface area contributed by atoms with E-state index in [4.69, 9.17) is 5.11 Å². The predicted molar refractivity (Wildman–Crippen MR) is 82.6 cm³/mol. The average molecular weight is 384 g/mol. The number of hydrogen-bond acceptors (Lipinski definition) is 4. The summed E-state index contributed by atoms with van der Waals surface area (Å²) in [6.45, 7) is 7.22. The largest absolute Gasteiger partial charge is 0.481 e. The number of sulfonamides is 1. The molecule has 8 heteroatoms. The molecule has 0 fully saturated rings. The molecule has 1 rings (SSSR count). The summed E-state index contributed by atoms with van der Waals surface area (Å²) in [5.41, 5.74) is 0.343. The summed E-state index contributed by atoms with van der Waals surface area (Å²) < 4.78 is 28.1. The van der Waals surface area contributed by atoms with Crippen LogP contribution in [0.3, 0.4) is 0 Å². The Bertz CT molecular complexity index is 582. The molecule has 0 aliphatic carbocycles. The first-order valence-electron chi connectivity index (χ1n) is 5.93. The Kier molecular flexibility index (Phi) is 5.40. The first-order chi connectivity index (χ1) is 8.93. The van der Waals surface area contributed by atoms with Crippen molar-refractivity contribution in [1.29, 1.82) is 0 Å². The summed E-state index contributed by atoms with van der Waals surface area (Å²) in [6.07, 6.45) is -0.256. The maximum absolute atomic E-state index is 12.3. The van der Waals surface area contributed by atoms with Gasteiger partial charge in [-0.15, -0.1) is 11.3 Å². The molecule has 114 valence electrons. The van der Waals surface area contributed by atoms with Gasteiger partial charge in [0.1, 0.15) is 4.21 Å². The number of carboxylic acid groups (broad SMARTS) is 1. The van der Waals surface area contributed by atoms with E-state index < -0.39 is 27.4 Å². The molecule has 5 nitrogen and oxygen atoms in total. The van der Waals surface area contributed by atoms with E-state index in [0.29, 0.717) is 0 Å². The topological polar surface area (TPSA) is 83.5 Å². The van der Waals surface area contributed by atoms with E-state index in [0.717, 1.165) is 20.7 Å². The highest BCUT2D eigenvalue weighted by atomic mass is 79.9. The van der Waals surface area contributed by atoms with Crippen molar-refractivity contribution in [2.45, 2.75) is 44.4 Å². The van der Waals surface area contributed by atoms with Gasteiger partial charge in [0.05, 0.1) is 10.2 Å². The number of carboxylic acids is 1. The van der Waals surface area contributed by atoms with Crippen molar-refractivity contribution >= 4 is 43.3 Å². The van der Waals surface area contributed by atoms with Gasteiger partial charge in [0.25, 0.3) is 0 Å². The Labute approximate surface area is 131 Å². The molecular formula is C12H18BrNO4S2. The molecule has 1 atom stereocenters. The first-order valence-corrected chi connectivity index (χ1v) is 9.03. The lowest BCUT2D eigenvalue weighted by molar-refractivity contribution is -0.138. The maximum atomic E-state index is 12.3. The minimum Gasteiger partial charge on any atom is -0.481 e. The van der Waals surface area contributed by atoms with Crippen LogP contribution in [0.4, 0.5) is 0 Å². The van der Waals surface area contributed by atoms with E-state index in [1.807, 2.05) is 0 Å². The van der Waals surface area contributed by atoms with Crippen molar-refractivity contribution in [3.05, 3.63) is 15.4 Å². The van der Waals surface area contributed by atoms with Crippen LogP contribution in [0.1, 0.15) is 32.8 Å². The third-order valence-electron chi connectivity index (χ3n) is 2.82. The van der Waals surface area contributed by atoms with Crippen LogP contribution < -0.4 is 4.72 Å². The molecule has 2 N–H and O–H groups in total. The molecule has 0 saturated carbocycles. The third-order valence-corrected chi connectivity index (χ3v) is 6.90. The first kappa shape index (κ1) is 17.6. The molecule has 1 aromatic rings. The normalized spacial score (nSPS) is 14.2. The average Bonchev–Trinajstić information content (AvgIpc) is 2.56. The number of aryl methyl sites for hydroxylation is 1. The van der Waals surface area contributed by atoms with Crippen LogP contribution in [0.5, 0.6) is 0 Å². The van der Waals surface area contributed by atoms with E-state index in [1.165, 1.54) is 0 Å². The highest BCUT2D eigenvalue weighted by Crippen LogP contribution is 2.31. The second kappa shape index (κ2) is 6.13. The highest BCUT2D eigenvalue weighted by Gasteiger charge is 2.32. The van der Waals surface area contributed by atoms with Crippen LogP contribution in [-0.2, 0) is 14.8 Å².